The molecule has 1 aliphatic heterocycles. The van der Waals surface area contributed by atoms with Crippen LogP contribution >= 0.6 is 0 Å². The molecule has 0 aliphatic carbocycles. The number of benzene rings is 1. The predicted molar refractivity (Wildman–Crippen MR) is 129 cm³/mol. The predicted octanol–water partition coefficient (Wildman–Crippen LogP) is 2.44. The number of amides is 2. The number of hydrogen-bond donors (Lipinski definition) is 0. The molecule has 0 radical (unpaired) electrons. The normalized spacial score (nSPS) is 14.8. The first kappa shape index (κ1) is 23.2. The summed E-state index contributed by atoms with van der Waals surface area (Å²) in [5.74, 6) is 0.328. The summed E-state index contributed by atoms with van der Waals surface area (Å²) in [6.45, 7) is 12.8. The maximum Gasteiger partial charge on any atom is 0.236 e. The number of carbonyl (C=O) groups is 2. The van der Waals surface area contributed by atoms with E-state index >= 15 is 0 Å². The van der Waals surface area contributed by atoms with E-state index in [4.69, 9.17) is 10.1 Å². The summed E-state index contributed by atoms with van der Waals surface area (Å²) in [5.41, 5.74) is 4.88. The van der Waals surface area contributed by atoms with Gasteiger partial charge in [0.2, 0.25) is 11.8 Å². The molecule has 1 aromatic carbocycles. The second kappa shape index (κ2) is 9.87. The van der Waals surface area contributed by atoms with Gasteiger partial charge in [-0.2, -0.15) is 5.10 Å². The van der Waals surface area contributed by atoms with Crippen molar-refractivity contribution < 1.29 is 9.59 Å². The molecule has 0 unspecified atom stereocenters. The number of aromatic nitrogens is 3. The molecule has 2 aromatic heterocycles. The van der Waals surface area contributed by atoms with Gasteiger partial charge in [0.25, 0.3) is 0 Å². The van der Waals surface area contributed by atoms with Crippen LogP contribution in [0.1, 0.15) is 37.2 Å². The number of nitrogens with zero attached hydrogens (tertiary/aromatic N) is 6. The van der Waals surface area contributed by atoms with Gasteiger partial charge in [0, 0.05) is 62.5 Å². The Kier molecular flexibility index (Phi) is 6.93. The number of carbonyl (C=O) groups excluding carboxylic acids is 2. The van der Waals surface area contributed by atoms with Crippen molar-refractivity contribution in [3.8, 4) is 0 Å². The Balaban J connectivity index is 1.36. The van der Waals surface area contributed by atoms with Gasteiger partial charge in [0.05, 0.1) is 12.1 Å². The molecule has 8 heteroatoms. The fourth-order valence-corrected chi connectivity index (χ4v) is 4.75. The first-order valence-corrected chi connectivity index (χ1v) is 11.9. The second-order valence-electron chi connectivity index (χ2n) is 8.74. The topological polar surface area (TPSA) is 74.1 Å². The van der Waals surface area contributed by atoms with Crippen molar-refractivity contribution in [1.82, 2.24) is 29.3 Å². The Morgan fingerprint density at radius 1 is 1.03 bits per heavy atom. The molecular weight excluding hydrogens is 416 g/mol. The van der Waals surface area contributed by atoms with Crippen LogP contribution < -0.4 is 0 Å². The third kappa shape index (κ3) is 4.71. The van der Waals surface area contributed by atoms with Gasteiger partial charge in [-0.15, -0.1) is 0 Å². The van der Waals surface area contributed by atoms with Gasteiger partial charge in [-0.25, -0.2) is 9.50 Å². The minimum Gasteiger partial charge on any atom is -0.342 e. The lowest BCUT2D eigenvalue weighted by atomic mass is 10.1. The summed E-state index contributed by atoms with van der Waals surface area (Å²) in [6.07, 6.45) is 1.10. The highest BCUT2D eigenvalue weighted by Gasteiger charge is 2.24. The lowest BCUT2D eigenvalue weighted by Gasteiger charge is -2.35. The summed E-state index contributed by atoms with van der Waals surface area (Å²) in [7, 11) is 0. The zero-order valence-electron chi connectivity index (χ0n) is 20.2. The average molecular weight is 451 g/mol. The third-order valence-corrected chi connectivity index (χ3v) is 6.81. The molecule has 1 fully saturated rings. The van der Waals surface area contributed by atoms with Crippen LogP contribution in [0.2, 0.25) is 0 Å². The molecule has 4 rings (SSSR count). The van der Waals surface area contributed by atoms with Crippen LogP contribution in [0.25, 0.3) is 16.6 Å². The fourth-order valence-electron chi connectivity index (χ4n) is 4.75. The highest BCUT2D eigenvalue weighted by Crippen LogP contribution is 2.23. The molecule has 3 aromatic rings. The maximum atomic E-state index is 12.9. The van der Waals surface area contributed by atoms with Crippen LogP contribution in [0, 0.1) is 13.8 Å². The van der Waals surface area contributed by atoms with Crippen molar-refractivity contribution in [2.24, 2.45) is 0 Å². The van der Waals surface area contributed by atoms with Crippen LogP contribution in [-0.4, -0.2) is 86.9 Å². The Bertz CT molecular complexity index is 1160. The molecule has 2 amide bonds. The van der Waals surface area contributed by atoms with Gasteiger partial charge in [-0.3, -0.25) is 14.5 Å². The van der Waals surface area contributed by atoms with E-state index in [1.54, 1.807) is 0 Å². The van der Waals surface area contributed by atoms with E-state index in [2.05, 4.69) is 11.8 Å². The van der Waals surface area contributed by atoms with Gasteiger partial charge in [-0.05, 0) is 51.8 Å². The quantitative estimate of drug-likeness (QED) is 0.553. The first-order valence-electron chi connectivity index (χ1n) is 11.9. The molecule has 3 heterocycles. The molecule has 0 atom stereocenters. The van der Waals surface area contributed by atoms with Crippen molar-refractivity contribution in [3.63, 3.8) is 0 Å². The summed E-state index contributed by atoms with van der Waals surface area (Å²) in [6, 6.07) is 8.03. The summed E-state index contributed by atoms with van der Waals surface area (Å²) < 4.78 is 1.91. The zero-order chi connectivity index (χ0) is 23.5. The molecule has 0 spiro atoms. The van der Waals surface area contributed by atoms with Crippen LogP contribution in [0.4, 0.5) is 0 Å². The van der Waals surface area contributed by atoms with E-state index in [0.717, 1.165) is 59.7 Å². The number of hydrogen-bond acceptors (Lipinski definition) is 5. The fraction of sp³-hybridized carbons (Fsp3) is 0.520. The van der Waals surface area contributed by atoms with Crippen LogP contribution in [0.5, 0.6) is 0 Å². The molecular formula is C25H34N6O2. The zero-order valence-corrected chi connectivity index (χ0v) is 20.2. The maximum absolute atomic E-state index is 12.9. The molecule has 176 valence electrons. The number of likely N-dealkylation sites (N-methyl/N-ethyl adjacent to an activating group) is 1. The average Bonchev–Trinajstić information content (AvgIpc) is 3.19. The largest absolute Gasteiger partial charge is 0.342 e. The van der Waals surface area contributed by atoms with Gasteiger partial charge < -0.3 is 9.80 Å². The van der Waals surface area contributed by atoms with E-state index < -0.39 is 0 Å². The monoisotopic (exact) mass is 450 g/mol. The van der Waals surface area contributed by atoms with E-state index in [-0.39, 0.29) is 11.8 Å². The number of piperazine rings is 1. The minimum atomic E-state index is 0.161. The van der Waals surface area contributed by atoms with Crippen molar-refractivity contribution in [1.29, 1.82) is 0 Å². The Morgan fingerprint density at radius 2 is 1.73 bits per heavy atom. The highest BCUT2D eigenvalue weighted by atomic mass is 16.2. The molecule has 0 saturated carbocycles. The molecule has 33 heavy (non-hydrogen) atoms. The number of rotatable bonds is 7. The smallest absolute Gasteiger partial charge is 0.236 e. The molecule has 0 bridgehead atoms. The molecule has 0 N–H and O–H groups in total. The SMILES string of the molecule is CCN(CC)C(=O)CN1CCN(C(=O)CCc2c(C)nc3c4ccccc4nn3c2C)CC1. The van der Waals surface area contributed by atoms with E-state index in [1.807, 2.05) is 59.4 Å². The van der Waals surface area contributed by atoms with Gasteiger partial charge >= 0.3 is 0 Å². The van der Waals surface area contributed by atoms with E-state index in [1.165, 1.54) is 0 Å². The lowest BCUT2D eigenvalue weighted by molar-refractivity contribution is -0.135. The van der Waals surface area contributed by atoms with Crippen LogP contribution in [0.15, 0.2) is 24.3 Å². The lowest BCUT2D eigenvalue weighted by Crippen LogP contribution is -2.51. The second-order valence-corrected chi connectivity index (χ2v) is 8.74. The van der Waals surface area contributed by atoms with Gasteiger partial charge in [0.15, 0.2) is 5.65 Å². The van der Waals surface area contributed by atoms with Crippen molar-refractivity contribution in [2.75, 3.05) is 45.8 Å². The van der Waals surface area contributed by atoms with Crippen molar-refractivity contribution in [2.45, 2.75) is 40.5 Å². The minimum absolute atomic E-state index is 0.161. The summed E-state index contributed by atoms with van der Waals surface area (Å²) in [5, 5.41) is 5.76. The van der Waals surface area contributed by atoms with Crippen molar-refractivity contribution >= 4 is 28.4 Å². The summed E-state index contributed by atoms with van der Waals surface area (Å²) in [4.78, 5) is 36.0. The molecule has 1 aliphatic rings. The van der Waals surface area contributed by atoms with Gasteiger partial charge in [-0.1, -0.05) is 12.1 Å². The van der Waals surface area contributed by atoms with Crippen molar-refractivity contribution in [3.05, 3.63) is 41.2 Å². The van der Waals surface area contributed by atoms with E-state index in [9.17, 15) is 9.59 Å². The van der Waals surface area contributed by atoms with Crippen LogP contribution in [-0.2, 0) is 16.0 Å². The number of aryl methyl sites for hydroxylation is 2. The number of fused-ring (bicyclic) bond motifs is 3. The molecule has 8 nitrogen and oxygen atoms in total. The van der Waals surface area contributed by atoms with Crippen LogP contribution in [0.3, 0.4) is 0 Å². The Labute approximate surface area is 195 Å². The standard InChI is InChI=1S/C25H34N6O2/c1-5-29(6-2)24(33)17-28-13-15-30(16-14-28)23(32)12-11-20-18(3)26-25-21-9-7-8-10-22(21)27-31(25)19(20)4/h7-10H,5-6,11-17H2,1-4H3. The Hall–Kier alpha value is -3.00. The third-order valence-electron chi connectivity index (χ3n) is 6.81. The molecule has 1 saturated heterocycles. The summed E-state index contributed by atoms with van der Waals surface area (Å²) >= 11 is 0. The van der Waals surface area contributed by atoms with E-state index in [0.29, 0.717) is 32.5 Å². The Morgan fingerprint density at radius 3 is 2.42 bits per heavy atom. The van der Waals surface area contributed by atoms with Gasteiger partial charge in [0.1, 0.15) is 0 Å². The highest BCUT2D eigenvalue weighted by molar-refractivity contribution is 5.92. The first-order chi connectivity index (χ1) is 15.9.